The lowest BCUT2D eigenvalue weighted by Crippen LogP contribution is -2.63. The van der Waals surface area contributed by atoms with Gasteiger partial charge in [0.2, 0.25) is 5.91 Å². The van der Waals surface area contributed by atoms with Crippen molar-refractivity contribution in [3.8, 4) is 0 Å². The lowest BCUT2D eigenvalue weighted by molar-refractivity contribution is -0.128. The lowest BCUT2D eigenvalue weighted by atomic mass is 10.1. The zero-order chi connectivity index (χ0) is 13.3. The van der Waals surface area contributed by atoms with Gasteiger partial charge in [-0.05, 0) is 6.92 Å². The first-order valence-electron chi connectivity index (χ1n) is 5.68. The molecule has 8 nitrogen and oxygen atoms in total. The number of rotatable bonds is 3. The van der Waals surface area contributed by atoms with Gasteiger partial charge in [-0.15, -0.1) is 0 Å². The molecule has 18 heavy (non-hydrogen) atoms. The zero-order valence-electron chi connectivity index (χ0n) is 10.2. The van der Waals surface area contributed by atoms with E-state index >= 15 is 0 Å². The number of amides is 4. The third kappa shape index (κ3) is 2.01. The van der Waals surface area contributed by atoms with E-state index in [0.717, 1.165) is 0 Å². The Labute approximate surface area is 104 Å². The van der Waals surface area contributed by atoms with Crippen LogP contribution in [0.5, 0.6) is 0 Å². The molecule has 0 spiro atoms. The van der Waals surface area contributed by atoms with Crippen LogP contribution in [0.15, 0.2) is 4.99 Å². The molecule has 0 saturated carbocycles. The summed E-state index contributed by atoms with van der Waals surface area (Å²) in [6.45, 7) is 2.40. The van der Waals surface area contributed by atoms with Gasteiger partial charge in [0.05, 0.1) is 12.9 Å². The highest BCUT2D eigenvalue weighted by Crippen LogP contribution is 2.20. The van der Waals surface area contributed by atoms with Crippen LogP contribution in [0.25, 0.3) is 0 Å². The maximum atomic E-state index is 11.8. The van der Waals surface area contributed by atoms with Crippen LogP contribution in [0.1, 0.15) is 6.92 Å². The Hall–Kier alpha value is -2.12. The van der Waals surface area contributed by atoms with Crippen molar-refractivity contribution in [1.29, 1.82) is 0 Å². The number of carbonyl (C=O) groups excluding carboxylic acids is 3. The third-order valence-corrected chi connectivity index (χ3v) is 2.92. The average Bonchev–Trinajstić information content (AvgIpc) is 2.70. The molecule has 2 rings (SSSR count). The first-order chi connectivity index (χ1) is 8.54. The van der Waals surface area contributed by atoms with Gasteiger partial charge < -0.3 is 15.1 Å². The van der Waals surface area contributed by atoms with Crippen LogP contribution in [0.2, 0.25) is 0 Å². The number of imide groups is 1. The van der Waals surface area contributed by atoms with Gasteiger partial charge >= 0.3 is 6.03 Å². The molecule has 4 amide bonds. The van der Waals surface area contributed by atoms with E-state index in [2.05, 4.69) is 15.6 Å². The van der Waals surface area contributed by atoms with Crippen molar-refractivity contribution in [3.63, 3.8) is 0 Å². The number of hydrogen-bond donors (Lipinski definition) is 2. The van der Waals surface area contributed by atoms with E-state index in [4.69, 9.17) is 0 Å². The van der Waals surface area contributed by atoms with Crippen LogP contribution in [-0.4, -0.2) is 66.3 Å². The van der Waals surface area contributed by atoms with Crippen LogP contribution < -0.4 is 10.6 Å². The Balaban J connectivity index is 2.08. The molecule has 2 aliphatic heterocycles. The van der Waals surface area contributed by atoms with Crippen molar-refractivity contribution < 1.29 is 14.4 Å². The molecular weight excluding hydrogens is 238 g/mol. The summed E-state index contributed by atoms with van der Waals surface area (Å²) in [5, 5.41) is 4.88. The van der Waals surface area contributed by atoms with E-state index in [1.807, 2.05) is 6.92 Å². The van der Waals surface area contributed by atoms with E-state index in [-0.39, 0.29) is 12.5 Å². The summed E-state index contributed by atoms with van der Waals surface area (Å²) in [4.78, 5) is 41.7. The quantitative estimate of drug-likeness (QED) is 0.629. The Morgan fingerprint density at radius 1 is 1.56 bits per heavy atom. The second kappa shape index (κ2) is 4.63. The van der Waals surface area contributed by atoms with Crippen molar-refractivity contribution in [2.24, 2.45) is 4.99 Å². The molecule has 0 bridgehead atoms. The second-order valence-corrected chi connectivity index (χ2v) is 4.15. The van der Waals surface area contributed by atoms with Crippen LogP contribution >= 0.6 is 0 Å². The van der Waals surface area contributed by atoms with Gasteiger partial charge in [-0.2, -0.15) is 0 Å². The van der Waals surface area contributed by atoms with Gasteiger partial charge in [0.15, 0.2) is 12.2 Å². The largest absolute Gasteiger partial charge is 0.355 e. The Morgan fingerprint density at radius 2 is 2.28 bits per heavy atom. The zero-order valence-corrected chi connectivity index (χ0v) is 10.2. The Bertz CT molecular complexity index is 422. The molecule has 1 fully saturated rings. The molecule has 8 heteroatoms. The molecule has 2 N–H and O–H groups in total. The van der Waals surface area contributed by atoms with Gasteiger partial charge in [0.1, 0.15) is 0 Å². The van der Waals surface area contributed by atoms with Crippen LogP contribution in [0.3, 0.4) is 0 Å². The molecule has 0 aromatic rings. The summed E-state index contributed by atoms with van der Waals surface area (Å²) >= 11 is 0. The number of nitrogens with zero attached hydrogens (tertiary/aromatic N) is 3. The molecule has 1 saturated heterocycles. The predicted octanol–water partition coefficient (Wildman–Crippen LogP) is -1.66. The van der Waals surface area contributed by atoms with Crippen LogP contribution in [-0.2, 0) is 9.59 Å². The molecule has 2 aliphatic rings. The van der Waals surface area contributed by atoms with E-state index in [9.17, 15) is 14.4 Å². The van der Waals surface area contributed by atoms with Crippen molar-refractivity contribution in [1.82, 2.24) is 20.4 Å². The number of hydrogen-bond acceptors (Lipinski definition) is 5. The minimum Gasteiger partial charge on any atom is -0.355 e. The summed E-state index contributed by atoms with van der Waals surface area (Å²) in [6.07, 6.45) is 0.889. The maximum Gasteiger partial charge on any atom is 0.325 e. The first kappa shape index (κ1) is 12.3. The van der Waals surface area contributed by atoms with E-state index in [1.54, 1.807) is 7.05 Å². The summed E-state index contributed by atoms with van der Waals surface area (Å²) in [7, 11) is 1.56. The minimum atomic E-state index is -0.629. The fourth-order valence-corrected chi connectivity index (χ4v) is 2.02. The number of likely N-dealkylation sites (N-methyl/N-ethyl adjacent to an activating group) is 2. The second-order valence-electron chi connectivity index (χ2n) is 4.15. The molecule has 0 aromatic heterocycles. The monoisotopic (exact) mass is 253 g/mol. The summed E-state index contributed by atoms with van der Waals surface area (Å²) in [5.74, 6) is -0.609. The van der Waals surface area contributed by atoms with E-state index in [0.29, 0.717) is 6.54 Å². The normalized spacial score (nSPS) is 26.1. The number of urea groups is 1. The average molecular weight is 253 g/mol. The highest BCUT2D eigenvalue weighted by Gasteiger charge is 2.45. The van der Waals surface area contributed by atoms with Crippen molar-refractivity contribution in [3.05, 3.63) is 0 Å². The highest BCUT2D eigenvalue weighted by atomic mass is 16.2. The molecule has 2 atom stereocenters. The van der Waals surface area contributed by atoms with E-state index < -0.39 is 24.1 Å². The molecule has 0 aromatic carbocycles. The maximum absolute atomic E-state index is 11.8. The van der Waals surface area contributed by atoms with Gasteiger partial charge in [-0.3, -0.25) is 14.9 Å². The van der Waals surface area contributed by atoms with Crippen LogP contribution in [0, 0.1) is 0 Å². The van der Waals surface area contributed by atoms with Gasteiger partial charge in [-0.1, -0.05) is 0 Å². The third-order valence-electron chi connectivity index (χ3n) is 2.92. The molecule has 0 radical (unpaired) electrons. The number of carbonyl (C=O) groups is 3. The molecule has 98 valence electrons. The smallest absolute Gasteiger partial charge is 0.325 e. The predicted molar refractivity (Wildman–Crippen MR) is 62.8 cm³/mol. The lowest BCUT2D eigenvalue weighted by Gasteiger charge is -2.35. The molecular formula is C10H15N5O3. The number of nitrogens with one attached hydrogen (secondary N) is 2. The van der Waals surface area contributed by atoms with Crippen molar-refractivity contribution in [2.75, 3.05) is 20.1 Å². The molecule has 0 aliphatic carbocycles. The van der Waals surface area contributed by atoms with Gasteiger partial charge in [0.25, 0.3) is 5.91 Å². The summed E-state index contributed by atoms with van der Waals surface area (Å²) < 4.78 is 0. The SMILES string of the molecule is CCNC(=O)CN1C=NC2C1C(=O)NC(=O)N2C. The topological polar surface area (TPSA) is 94.1 Å². The molecule has 2 unspecified atom stereocenters. The standard InChI is InChI=1S/C10H15N5O3/c1-3-11-6(16)4-15-5-12-8-7(15)9(17)13-10(18)14(8)2/h5,7-8H,3-4H2,1-2H3,(H,11,16)(H,13,17,18). The van der Waals surface area contributed by atoms with Crippen molar-refractivity contribution in [2.45, 2.75) is 19.1 Å². The fraction of sp³-hybridized carbons (Fsp3) is 0.600. The minimum absolute atomic E-state index is 0.0496. The van der Waals surface area contributed by atoms with E-state index in [1.165, 1.54) is 16.1 Å². The number of fused-ring (bicyclic) bond motifs is 1. The van der Waals surface area contributed by atoms with Crippen molar-refractivity contribution >= 4 is 24.2 Å². The summed E-state index contributed by atoms with van der Waals surface area (Å²) in [6, 6.07) is -1.10. The Morgan fingerprint density at radius 3 is 2.94 bits per heavy atom. The fourth-order valence-electron chi connectivity index (χ4n) is 2.02. The first-order valence-corrected chi connectivity index (χ1v) is 5.68. The molecule has 2 heterocycles. The number of aliphatic imine (C=N–C) groups is 1. The van der Waals surface area contributed by atoms with Gasteiger partial charge in [0, 0.05) is 13.6 Å². The highest BCUT2D eigenvalue weighted by molar-refractivity contribution is 6.02. The van der Waals surface area contributed by atoms with Crippen LogP contribution in [0.4, 0.5) is 4.79 Å². The summed E-state index contributed by atoms with van der Waals surface area (Å²) in [5.41, 5.74) is 0. The van der Waals surface area contributed by atoms with Gasteiger partial charge in [-0.25, -0.2) is 9.79 Å². The Kier molecular flexibility index (Phi) is 3.17.